The molecule has 7 heteroatoms. The summed E-state index contributed by atoms with van der Waals surface area (Å²) in [7, 11) is 0. The van der Waals surface area contributed by atoms with E-state index < -0.39 is 6.04 Å². The fourth-order valence-corrected chi connectivity index (χ4v) is 5.00. The number of benzene rings is 1. The van der Waals surface area contributed by atoms with Crippen LogP contribution >= 0.6 is 11.3 Å². The third kappa shape index (κ3) is 5.85. The summed E-state index contributed by atoms with van der Waals surface area (Å²) in [5.74, 6) is 0.775. The predicted molar refractivity (Wildman–Crippen MR) is 130 cm³/mol. The molecule has 4 rings (SSSR count). The molecule has 33 heavy (non-hydrogen) atoms. The lowest BCUT2D eigenvalue weighted by Crippen LogP contribution is -2.47. The number of rotatable bonds is 9. The van der Waals surface area contributed by atoms with E-state index in [0.717, 1.165) is 30.6 Å². The highest BCUT2D eigenvalue weighted by Gasteiger charge is 2.36. The number of carbonyl (C=O) groups is 2. The molecule has 1 unspecified atom stereocenters. The van der Waals surface area contributed by atoms with Crippen LogP contribution in [-0.4, -0.2) is 24.5 Å². The molecule has 6 nitrogen and oxygen atoms in total. The van der Waals surface area contributed by atoms with Crippen molar-refractivity contribution < 1.29 is 18.7 Å². The summed E-state index contributed by atoms with van der Waals surface area (Å²) in [6, 6.07) is 13.9. The molecular formula is C26H30N2O4S. The molecule has 0 aliphatic heterocycles. The van der Waals surface area contributed by atoms with E-state index in [4.69, 9.17) is 9.15 Å². The van der Waals surface area contributed by atoms with Gasteiger partial charge >= 0.3 is 0 Å². The molecule has 1 aromatic carbocycles. The SMILES string of the molecule is CCOc1ccc(N(C(=O)Cc2cccs2)C(C(=O)NC2CCCCC2)c2ccco2)cc1. The average molecular weight is 467 g/mol. The highest BCUT2D eigenvalue weighted by atomic mass is 32.1. The first-order chi connectivity index (χ1) is 16.2. The van der Waals surface area contributed by atoms with Gasteiger partial charge in [0.1, 0.15) is 11.5 Å². The van der Waals surface area contributed by atoms with E-state index >= 15 is 0 Å². The van der Waals surface area contributed by atoms with E-state index in [0.29, 0.717) is 23.8 Å². The van der Waals surface area contributed by atoms with Crippen LogP contribution in [0.3, 0.4) is 0 Å². The molecule has 1 aliphatic rings. The van der Waals surface area contributed by atoms with Gasteiger partial charge in [-0.25, -0.2) is 0 Å². The normalized spacial score (nSPS) is 15.1. The minimum absolute atomic E-state index is 0.123. The van der Waals surface area contributed by atoms with Gasteiger partial charge in [0, 0.05) is 16.6 Å². The van der Waals surface area contributed by atoms with E-state index in [1.54, 1.807) is 17.0 Å². The van der Waals surface area contributed by atoms with Crippen molar-refractivity contribution in [2.45, 2.75) is 57.5 Å². The second-order valence-corrected chi connectivity index (χ2v) is 9.24. The molecule has 2 heterocycles. The number of furan rings is 1. The van der Waals surface area contributed by atoms with Crippen LogP contribution in [0.1, 0.15) is 55.7 Å². The number of thiophene rings is 1. The Kier molecular flexibility index (Phi) is 7.83. The summed E-state index contributed by atoms with van der Waals surface area (Å²) < 4.78 is 11.2. The number of nitrogens with zero attached hydrogens (tertiary/aromatic N) is 1. The van der Waals surface area contributed by atoms with Gasteiger partial charge in [0.25, 0.3) is 5.91 Å². The Bertz CT molecular complexity index is 1010. The Morgan fingerprint density at radius 3 is 2.55 bits per heavy atom. The van der Waals surface area contributed by atoms with E-state index in [9.17, 15) is 9.59 Å². The van der Waals surface area contributed by atoms with Crippen LogP contribution in [0.25, 0.3) is 0 Å². The van der Waals surface area contributed by atoms with Gasteiger partial charge in [-0.3, -0.25) is 14.5 Å². The van der Waals surface area contributed by atoms with Crippen molar-refractivity contribution in [3.8, 4) is 5.75 Å². The van der Waals surface area contributed by atoms with E-state index in [2.05, 4.69) is 5.32 Å². The van der Waals surface area contributed by atoms with E-state index in [1.165, 1.54) is 24.0 Å². The largest absolute Gasteiger partial charge is 0.494 e. The molecule has 1 N–H and O–H groups in total. The third-order valence-corrected chi connectivity index (χ3v) is 6.75. The van der Waals surface area contributed by atoms with Crippen LogP contribution < -0.4 is 15.0 Å². The first-order valence-corrected chi connectivity index (χ1v) is 12.4. The van der Waals surface area contributed by atoms with Crippen LogP contribution in [0.2, 0.25) is 0 Å². The quantitative estimate of drug-likeness (QED) is 0.452. The minimum atomic E-state index is -0.896. The zero-order valence-electron chi connectivity index (χ0n) is 18.9. The van der Waals surface area contributed by atoms with Crippen molar-refractivity contribution in [1.82, 2.24) is 5.32 Å². The number of amides is 2. The lowest BCUT2D eigenvalue weighted by Gasteiger charge is -2.32. The van der Waals surface area contributed by atoms with Crippen molar-refractivity contribution in [3.05, 3.63) is 70.8 Å². The first-order valence-electron chi connectivity index (χ1n) is 11.6. The van der Waals surface area contributed by atoms with Crippen molar-refractivity contribution >= 4 is 28.8 Å². The zero-order valence-corrected chi connectivity index (χ0v) is 19.7. The van der Waals surface area contributed by atoms with Gasteiger partial charge in [-0.05, 0) is 67.6 Å². The zero-order chi connectivity index (χ0) is 23.0. The first kappa shape index (κ1) is 23.1. The summed E-state index contributed by atoms with van der Waals surface area (Å²) in [6.07, 6.45) is 7.08. The molecule has 1 atom stereocenters. The molecule has 0 bridgehead atoms. The van der Waals surface area contributed by atoms with Crippen LogP contribution in [0.15, 0.2) is 64.6 Å². The van der Waals surface area contributed by atoms with Crippen LogP contribution in [0.5, 0.6) is 5.75 Å². The number of ether oxygens (including phenoxy) is 1. The van der Waals surface area contributed by atoms with Gasteiger partial charge < -0.3 is 14.5 Å². The summed E-state index contributed by atoms with van der Waals surface area (Å²) in [5.41, 5.74) is 0.625. The van der Waals surface area contributed by atoms with Crippen molar-refractivity contribution in [3.63, 3.8) is 0 Å². The molecular weight excluding hydrogens is 436 g/mol. The second-order valence-electron chi connectivity index (χ2n) is 8.21. The Balaban J connectivity index is 1.68. The number of anilines is 1. The number of carbonyl (C=O) groups excluding carboxylic acids is 2. The molecule has 1 aliphatic carbocycles. The van der Waals surface area contributed by atoms with E-state index in [1.807, 2.05) is 48.7 Å². The number of nitrogens with one attached hydrogen (secondary N) is 1. The molecule has 0 spiro atoms. The predicted octanol–water partition coefficient (Wildman–Crippen LogP) is 5.51. The van der Waals surface area contributed by atoms with Crippen LogP contribution in [0.4, 0.5) is 5.69 Å². The molecule has 2 amide bonds. The smallest absolute Gasteiger partial charge is 0.251 e. The average Bonchev–Trinajstić information content (AvgIpc) is 3.53. The van der Waals surface area contributed by atoms with Crippen molar-refractivity contribution in [2.75, 3.05) is 11.5 Å². The lowest BCUT2D eigenvalue weighted by molar-refractivity contribution is -0.127. The molecule has 0 radical (unpaired) electrons. The van der Waals surface area contributed by atoms with E-state index in [-0.39, 0.29) is 24.3 Å². The maximum absolute atomic E-state index is 13.6. The molecule has 1 fully saturated rings. The Hall–Kier alpha value is -3.06. The maximum atomic E-state index is 13.6. The number of hydrogen-bond acceptors (Lipinski definition) is 5. The molecule has 2 aromatic heterocycles. The summed E-state index contributed by atoms with van der Waals surface area (Å²) in [6.45, 7) is 2.48. The fraction of sp³-hybridized carbons (Fsp3) is 0.385. The van der Waals surface area contributed by atoms with Crippen LogP contribution in [-0.2, 0) is 16.0 Å². The van der Waals surface area contributed by atoms with Gasteiger partial charge in [-0.1, -0.05) is 25.3 Å². The Morgan fingerprint density at radius 1 is 1.12 bits per heavy atom. The number of hydrogen-bond donors (Lipinski definition) is 1. The van der Waals surface area contributed by atoms with Gasteiger partial charge in [-0.2, -0.15) is 0 Å². The highest BCUT2D eigenvalue weighted by Crippen LogP contribution is 2.31. The van der Waals surface area contributed by atoms with Crippen LogP contribution in [0, 0.1) is 0 Å². The van der Waals surface area contributed by atoms with Crippen molar-refractivity contribution in [1.29, 1.82) is 0 Å². The third-order valence-electron chi connectivity index (χ3n) is 5.87. The molecule has 1 saturated carbocycles. The van der Waals surface area contributed by atoms with Gasteiger partial charge in [0.05, 0.1) is 19.3 Å². The summed E-state index contributed by atoms with van der Waals surface area (Å²) in [4.78, 5) is 29.8. The Labute approximate surface area is 198 Å². The monoisotopic (exact) mass is 466 g/mol. The molecule has 0 saturated heterocycles. The highest BCUT2D eigenvalue weighted by molar-refractivity contribution is 7.10. The second kappa shape index (κ2) is 11.2. The van der Waals surface area contributed by atoms with Gasteiger partial charge in [-0.15, -0.1) is 11.3 Å². The fourth-order valence-electron chi connectivity index (χ4n) is 4.30. The van der Waals surface area contributed by atoms with Crippen molar-refractivity contribution in [2.24, 2.45) is 0 Å². The van der Waals surface area contributed by atoms with Gasteiger partial charge in [0.15, 0.2) is 6.04 Å². The Morgan fingerprint density at radius 2 is 1.91 bits per heavy atom. The molecule has 3 aromatic rings. The topological polar surface area (TPSA) is 71.8 Å². The lowest BCUT2D eigenvalue weighted by atomic mass is 9.95. The van der Waals surface area contributed by atoms with Gasteiger partial charge in [0.2, 0.25) is 5.91 Å². The minimum Gasteiger partial charge on any atom is -0.494 e. The summed E-state index contributed by atoms with van der Waals surface area (Å²) >= 11 is 1.53. The maximum Gasteiger partial charge on any atom is 0.251 e. The molecule has 174 valence electrons. The summed E-state index contributed by atoms with van der Waals surface area (Å²) in [5, 5.41) is 5.14. The standard InChI is InChI=1S/C26H30N2O4S/c1-2-31-21-14-12-20(13-15-21)28(24(29)18-22-10-7-17-33-22)25(23-11-6-16-32-23)26(30)27-19-8-4-3-5-9-19/h6-7,10-17,19,25H,2-5,8-9,18H2,1H3,(H,27,30).